The van der Waals surface area contributed by atoms with Crippen LogP contribution in [0.15, 0.2) is 79.3 Å². The highest BCUT2D eigenvalue weighted by molar-refractivity contribution is 7.98. The van der Waals surface area contributed by atoms with E-state index in [0.29, 0.717) is 37.4 Å². The number of nitriles is 1. The van der Waals surface area contributed by atoms with Crippen molar-refractivity contribution in [1.82, 2.24) is 25.1 Å². The highest BCUT2D eigenvalue weighted by Gasteiger charge is 2.25. The number of thioether (sulfide) groups is 1. The monoisotopic (exact) mass is 667 g/mol. The molecule has 0 fully saturated rings. The average Bonchev–Trinajstić information content (AvgIpc) is 3.51. The Morgan fingerprint density at radius 1 is 1.04 bits per heavy atom. The molecule has 48 heavy (non-hydrogen) atoms. The Morgan fingerprint density at radius 2 is 1.79 bits per heavy atom. The van der Waals surface area contributed by atoms with Gasteiger partial charge in [0.25, 0.3) is 0 Å². The van der Waals surface area contributed by atoms with Gasteiger partial charge in [-0.2, -0.15) is 17.0 Å². The second-order valence-corrected chi connectivity index (χ2v) is 13.2. The number of fused-ring (bicyclic) bond motifs is 1. The maximum atomic E-state index is 13.5. The largest absolute Gasteiger partial charge is 0.368 e. The van der Waals surface area contributed by atoms with E-state index in [9.17, 15) is 14.4 Å². The molecule has 4 N–H and O–H groups in total. The minimum absolute atomic E-state index is 0.0342. The van der Waals surface area contributed by atoms with Gasteiger partial charge in [0.1, 0.15) is 6.04 Å². The van der Waals surface area contributed by atoms with Gasteiger partial charge in [-0.05, 0) is 58.4 Å². The number of benzene rings is 3. The van der Waals surface area contributed by atoms with Crippen molar-refractivity contribution in [2.45, 2.75) is 58.3 Å². The first-order chi connectivity index (χ1) is 23.2. The van der Waals surface area contributed by atoms with Gasteiger partial charge in [-0.1, -0.05) is 74.9 Å². The minimum Gasteiger partial charge on any atom is -0.368 e. The summed E-state index contributed by atoms with van der Waals surface area (Å²) in [6.45, 7) is 5.64. The summed E-state index contributed by atoms with van der Waals surface area (Å²) in [5.41, 5.74) is 9.05. The molecule has 3 atom stereocenters. The highest BCUT2D eigenvalue weighted by Crippen LogP contribution is 2.21. The van der Waals surface area contributed by atoms with Gasteiger partial charge in [0.15, 0.2) is 0 Å². The summed E-state index contributed by atoms with van der Waals surface area (Å²) in [4.78, 5) is 45.3. The van der Waals surface area contributed by atoms with Gasteiger partial charge >= 0.3 is 0 Å². The molecule has 3 amide bonds. The Morgan fingerprint density at radius 3 is 2.50 bits per heavy atom. The van der Waals surface area contributed by atoms with Crippen LogP contribution >= 0.6 is 11.8 Å². The van der Waals surface area contributed by atoms with E-state index >= 15 is 0 Å². The molecule has 1 unspecified atom stereocenters. The summed E-state index contributed by atoms with van der Waals surface area (Å²) in [7, 11) is 0. The molecule has 0 bridgehead atoms. The lowest BCUT2D eigenvalue weighted by atomic mass is 9.97. The van der Waals surface area contributed by atoms with Crippen LogP contribution in [0.1, 0.15) is 49.1 Å². The lowest BCUT2D eigenvalue weighted by molar-refractivity contribution is -0.128. The molecule has 11 heteroatoms. The molecule has 0 radical (unpaired) electrons. The van der Waals surface area contributed by atoms with Crippen molar-refractivity contribution in [3.63, 3.8) is 0 Å². The van der Waals surface area contributed by atoms with E-state index in [-0.39, 0.29) is 36.7 Å². The summed E-state index contributed by atoms with van der Waals surface area (Å²) < 4.78 is 1.93. The molecule has 0 aliphatic carbocycles. The Bertz CT molecular complexity index is 1710. The Balaban J connectivity index is 1.51. The lowest BCUT2D eigenvalue weighted by Crippen LogP contribution is -2.52. The quantitative estimate of drug-likeness (QED) is 0.144. The number of carbonyl (C=O) groups excluding carboxylic acids is 3. The number of hydrogen-bond acceptors (Lipinski definition) is 7. The van der Waals surface area contributed by atoms with Crippen molar-refractivity contribution < 1.29 is 14.4 Å². The number of hydrogen-bond donors (Lipinski definition) is 3. The van der Waals surface area contributed by atoms with Crippen molar-refractivity contribution >= 4 is 40.3 Å². The first kappa shape index (κ1) is 36.2. The molecule has 0 spiro atoms. The molecule has 0 saturated carbocycles. The number of imidazole rings is 1. The number of nitrogens with zero attached hydrogens (tertiary/aromatic N) is 4. The average molecular weight is 668 g/mol. The molecule has 3 aromatic carbocycles. The molecule has 0 saturated heterocycles. The maximum Gasteiger partial charge on any atom is 0.240 e. The fourth-order valence-electron chi connectivity index (χ4n) is 5.69. The summed E-state index contributed by atoms with van der Waals surface area (Å²) >= 11 is 1.59. The Kier molecular flexibility index (Phi) is 13.6. The van der Waals surface area contributed by atoms with Crippen molar-refractivity contribution in [2.24, 2.45) is 11.7 Å². The predicted molar refractivity (Wildman–Crippen MR) is 191 cm³/mol. The van der Waals surface area contributed by atoms with Crippen molar-refractivity contribution in [3.8, 4) is 6.07 Å². The van der Waals surface area contributed by atoms with E-state index < -0.39 is 11.9 Å². The topological polar surface area (TPSA) is 146 Å². The van der Waals surface area contributed by atoms with E-state index in [4.69, 9.17) is 11.0 Å². The number of rotatable bonds is 18. The number of nitrogens with one attached hydrogen (secondary N) is 2. The maximum absolute atomic E-state index is 13.5. The van der Waals surface area contributed by atoms with E-state index in [0.717, 1.165) is 34.0 Å². The van der Waals surface area contributed by atoms with Crippen LogP contribution in [0.2, 0.25) is 0 Å². The summed E-state index contributed by atoms with van der Waals surface area (Å²) in [5.74, 6) is -0.165. The number of carbonyl (C=O) groups is 3. The van der Waals surface area contributed by atoms with Crippen molar-refractivity contribution in [2.75, 3.05) is 25.1 Å². The van der Waals surface area contributed by atoms with E-state index in [1.807, 2.05) is 46.1 Å². The zero-order chi connectivity index (χ0) is 34.5. The predicted octanol–water partition coefficient (Wildman–Crippen LogP) is 4.26. The van der Waals surface area contributed by atoms with Crippen LogP contribution in [0.25, 0.3) is 10.8 Å². The zero-order valence-electron chi connectivity index (χ0n) is 27.9. The second-order valence-electron chi connectivity index (χ2n) is 12.2. The minimum atomic E-state index is -0.747. The molecule has 0 aliphatic heterocycles. The van der Waals surface area contributed by atoms with Gasteiger partial charge in [-0.3, -0.25) is 19.3 Å². The Labute approximate surface area is 287 Å². The molecule has 1 heterocycles. The SMILES string of the molecule is CCC(C)[C@@H](CN(CC(=O)N[C@@H](CCSC)C(N)=O)Cc1cccc2ccccc12)NC(=O)Cc1cncn1Cc1ccc(C#N)cc1. The molecule has 4 rings (SSSR count). The Hall–Kier alpha value is -4.66. The summed E-state index contributed by atoms with van der Waals surface area (Å²) in [6.07, 6.45) is 6.77. The van der Waals surface area contributed by atoms with Gasteiger partial charge in [-0.15, -0.1) is 0 Å². The number of amides is 3. The second kappa shape index (κ2) is 18.0. The fraction of sp³-hybridized carbons (Fsp3) is 0.378. The van der Waals surface area contributed by atoms with Crippen LogP contribution < -0.4 is 16.4 Å². The van der Waals surface area contributed by atoms with Crippen LogP contribution in [-0.2, 0) is 33.9 Å². The van der Waals surface area contributed by atoms with Crippen LogP contribution in [0.5, 0.6) is 0 Å². The van der Waals surface area contributed by atoms with Crippen molar-refractivity contribution in [1.29, 1.82) is 5.26 Å². The number of primary amides is 1. The van der Waals surface area contributed by atoms with Crippen LogP contribution in [-0.4, -0.2) is 69.4 Å². The summed E-state index contributed by atoms with van der Waals surface area (Å²) in [6, 6.07) is 22.8. The standard InChI is InChI=1S/C37H45N7O3S/c1-4-26(2)34(42-35(45)18-31-20-40-25-44(31)21-28-14-12-27(19-38)13-15-28)23-43(24-36(46)41-33(37(39)47)16-17-48-3)22-30-10-7-9-29-8-5-6-11-32(29)30/h5-15,20,25-26,33-34H,4,16-18,21-24H2,1-3H3,(H2,39,47)(H,41,46)(H,42,45)/t26?,33-,34+/m0/s1. The molecule has 252 valence electrons. The molecule has 4 aromatic rings. The first-order valence-corrected chi connectivity index (χ1v) is 17.6. The van der Waals surface area contributed by atoms with Gasteiger partial charge < -0.3 is 20.9 Å². The number of aromatic nitrogens is 2. The van der Waals surface area contributed by atoms with E-state index in [2.05, 4.69) is 59.8 Å². The van der Waals surface area contributed by atoms with Crippen LogP contribution in [0.3, 0.4) is 0 Å². The number of nitrogens with two attached hydrogens (primary N) is 1. The highest BCUT2D eigenvalue weighted by atomic mass is 32.2. The first-order valence-electron chi connectivity index (χ1n) is 16.2. The van der Waals surface area contributed by atoms with Gasteiger partial charge in [0.05, 0.1) is 30.9 Å². The third kappa shape index (κ3) is 10.4. The third-order valence-electron chi connectivity index (χ3n) is 8.64. The fourth-order valence-corrected chi connectivity index (χ4v) is 6.16. The van der Waals surface area contributed by atoms with Crippen LogP contribution in [0, 0.1) is 17.2 Å². The van der Waals surface area contributed by atoms with Gasteiger partial charge in [-0.25, -0.2) is 4.98 Å². The normalized spacial score (nSPS) is 13.1. The molecular weight excluding hydrogens is 623 g/mol. The van der Waals surface area contributed by atoms with Gasteiger partial charge in [0, 0.05) is 37.6 Å². The smallest absolute Gasteiger partial charge is 0.240 e. The third-order valence-corrected chi connectivity index (χ3v) is 9.28. The van der Waals surface area contributed by atoms with E-state index in [1.54, 1.807) is 36.4 Å². The van der Waals surface area contributed by atoms with E-state index in [1.165, 1.54) is 0 Å². The lowest BCUT2D eigenvalue weighted by Gasteiger charge is -2.32. The zero-order valence-corrected chi connectivity index (χ0v) is 28.7. The molecule has 1 aromatic heterocycles. The molecule has 10 nitrogen and oxygen atoms in total. The van der Waals surface area contributed by atoms with Crippen LogP contribution in [0.4, 0.5) is 0 Å². The van der Waals surface area contributed by atoms with Gasteiger partial charge in [0.2, 0.25) is 17.7 Å². The molecule has 0 aliphatic rings. The molecular formula is C37H45N7O3S. The summed E-state index contributed by atoms with van der Waals surface area (Å²) in [5, 5.41) is 17.4. The van der Waals surface area contributed by atoms with Crippen molar-refractivity contribution in [3.05, 3.63) is 102 Å².